The van der Waals surface area contributed by atoms with E-state index in [1.54, 1.807) is 6.92 Å². The Morgan fingerprint density at radius 2 is 2.03 bits per heavy atom. The average molecular weight is 429 g/mol. The van der Waals surface area contributed by atoms with Crippen LogP contribution in [0.5, 0.6) is 0 Å². The second-order valence-electron chi connectivity index (χ2n) is 7.81. The van der Waals surface area contributed by atoms with Crippen molar-refractivity contribution in [1.82, 2.24) is 20.1 Å². The number of ether oxygens (including phenoxy) is 1. The smallest absolute Gasteiger partial charge is 0.232 e. The Labute approximate surface area is 181 Å². The number of carbonyl (C=O) groups is 1. The van der Waals surface area contributed by atoms with Gasteiger partial charge in [0.15, 0.2) is 5.16 Å². The van der Waals surface area contributed by atoms with E-state index in [1.807, 2.05) is 49.6 Å². The molecule has 1 aliphatic heterocycles. The highest BCUT2D eigenvalue weighted by atomic mass is 32.2. The summed E-state index contributed by atoms with van der Waals surface area (Å²) < 4.78 is 7.47. The Kier molecular flexibility index (Phi) is 7.00. The van der Waals surface area contributed by atoms with Gasteiger partial charge in [-0.2, -0.15) is 5.26 Å². The number of anilines is 1. The number of rotatable bonds is 7. The van der Waals surface area contributed by atoms with E-state index in [2.05, 4.69) is 26.5 Å². The number of aromatic nitrogens is 3. The van der Waals surface area contributed by atoms with Crippen LogP contribution < -0.4 is 10.2 Å². The third-order valence-corrected chi connectivity index (χ3v) is 6.31. The van der Waals surface area contributed by atoms with Gasteiger partial charge in [-0.3, -0.25) is 9.36 Å². The van der Waals surface area contributed by atoms with Gasteiger partial charge < -0.3 is 15.0 Å². The number of amides is 1. The molecular formula is C21H28N6O2S. The maximum absolute atomic E-state index is 12.6. The zero-order valence-electron chi connectivity index (χ0n) is 17.9. The molecule has 160 valence electrons. The molecule has 1 aromatic carbocycles. The van der Waals surface area contributed by atoms with Crippen LogP contribution in [0.15, 0.2) is 29.4 Å². The second-order valence-corrected chi connectivity index (χ2v) is 8.75. The summed E-state index contributed by atoms with van der Waals surface area (Å²) in [6.07, 6.45) is 0. The van der Waals surface area contributed by atoms with Gasteiger partial charge in [-0.15, -0.1) is 10.2 Å². The Balaban J connectivity index is 1.85. The molecule has 9 heteroatoms. The highest BCUT2D eigenvalue weighted by molar-refractivity contribution is 7.99. The van der Waals surface area contributed by atoms with Crippen molar-refractivity contribution >= 4 is 23.6 Å². The number of thioether (sulfide) groups is 1. The van der Waals surface area contributed by atoms with Crippen molar-refractivity contribution in [3.63, 3.8) is 0 Å². The summed E-state index contributed by atoms with van der Waals surface area (Å²) in [6, 6.07) is 10.2. The van der Waals surface area contributed by atoms with Crippen LogP contribution in [0.2, 0.25) is 0 Å². The summed E-state index contributed by atoms with van der Waals surface area (Å²) in [5.74, 6) is 0.696. The molecule has 1 unspecified atom stereocenters. The first-order chi connectivity index (χ1) is 14.4. The molecule has 1 amide bonds. The fourth-order valence-electron chi connectivity index (χ4n) is 3.11. The SMILES string of the molecule is Cc1ccccc1-n1c(SCC(=O)NC(C)(C#N)C(C)C)nnc1N1CCOCC1. The van der Waals surface area contributed by atoms with Crippen LogP contribution in [0.1, 0.15) is 26.3 Å². The monoisotopic (exact) mass is 428 g/mol. The molecule has 1 N–H and O–H groups in total. The largest absolute Gasteiger partial charge is 0.378 e. The number of para-hydroxylation sites is 1. The molecule has 0 aliphatic carbocycles. The van der Waals surface area contributed by atoms with E-state index in [-0.39, 0.29) is 17.6 Å². The molecule has 1 aliphatic rings. The number of hydrogen-bond donors (Lipinski definition) is 1. The van der Waals surface area contributed by atoms with Crippen molar-refractivity contribution in [3.8, 4) is 11.8 Å². The molecule has 0 saturated carbocycles. The third-order valence-electron chi connectivity index (χ3n) is 5.38. The number of carbonyl (C=O) groups excluding carboxylic acids is 1. The third kappa shape index (κ3) is 4.77. The van der Waals surface area contributed by atoms with Crippen LogP contribution >= 0.6 is 11.8 Å². The Bertz CT molecular complexity index is 932. The lowest BCUT2D eigenvalue weighted by Crippen LogP contribution is -2.49. The topological polar surface area (TPSA) is 96.1 Å². The van der Waals surface area contributed by atoms with Crippen molar-refractivity contribution in [2.24, 2.45) is 5.92 Å². The van der Waals surface area contributed by atoms with Crippen LogP contribution in [0.25, 0.3) is 5.69 Å². The van der Waals surface area contributed by atoms with E-state index < -0.39 is 5.54 Å². The lowest BCUT2D eigenvalue weighted by Gasteiger charge is -2.28. The van der Waals surface area contributed by atoms with Gasteiger partial charge in [0.1, 0.15) is 5.54 Å². The van der Waals surface area contributed by atoms with Gasteiger partial charge in [-0.1, -0.05) is 43.8 Å². The fraction of sp³-hybridized carbons (Fsp3) is 0.524. The minimum absolute atomic E-state index is 0.00000523. The van der Waals surface area contributed by atoms with Crippen LogP contribution in [0.3, 0.4) is 0 Å². The van der Waals surface area contributed by atoms with Crippen molar-refractivity contribution < 1.29 is 9.53 Å². The molecule has 3 rings (SSSR count). The number of nitriles is 1. The van der Waals surface area contributed by atoms with Crippen LogP contribution in [0.4, 0.5) is 5.95 Å². The Hall–Kier alpha value is -2.57. The van der Waals surface area contributed by atoms with Gasteiger partial charge in [0, 0.05) is 13.1 Å². The zero-order valence-corrected chi connectivity index (χ0v) is 18.7. The first-order valence-electron chi connectivity index (χ1n) is 10.0. The number of aryl methyl sites for hydroxylation is 1. The maximum Gasteiger partial charge on any atom is 0.232 e. The summed E-state index contributed by atoms with van der Waals surface area (Å²) >= 11 is 1.32. The van der Waals surface area contributed by atoms with Gasteiger partial charge in [0.2, 0.25) is 11.9 Å². The summed E-state index contributed by atoms with van der Waals surface area (Å²) in [7, 11) is 0. The Morgan fingerprint density at radius 3 is 2.67 bits per heavy atom. The molecule has 1 atom stereocenters. The second kappa shape index (κ2) is 9.49. The number of morpholine rings is 1. The highest BCUT2D eigenvalue weighted by Gasteiger charge is 2.30. The quantitative estimate of drug-likeness (QED) is 0.677. The predicted octanol–water partition coefficient (Wildman–Crippen LogP) is 2.56. The van der Waals surface area contributed by atoms with E-state index >= 15 is 0 Å². The van der Waals surface area contributed by atoms with E-state index in [9.17, 15) is 10.1 Å². The number of nitrogens with one attached hydrogen (secondary N) is 1. The standard InChI is InChI=1S/C21H28N6O2S/c1-15(2)21(4,14-22)23-18(28)13-30-20-25-24-19(26-9-11-29-12-10-26)27(20)17-8-6-5-7-16(17)3/h5-8,15H,9-13H2,1-4H3,(H,23,28). The lowest BCUT2D eigenvalue weighted by molar-refractivity contribution is -0.120. The zero-order chi connectivity index (χ0) is 21.7. The molecule has 1 fully saturated rings. The first-order valence-corrected chi connectivity index (χ1v) is 11.0. The fourth-order valence-corrected chi connectivity index (χ4v) is 3.85. The van der Waals surface area contributed by atoms with E-state index in [0.29, 0.717) is 18.4 Å². The molecule has 1 saturated heterocycles. The minimum Gasteiger partial charge on any atom is -0.378 e. The summed E-state index contributed by atoms with van der Waals surface area (Å²) in [5, 5.41) is 21.8. The van der Waals surface area contributed by atoms with Crippen molar-refractivity contribution in [3.05, 3.63) is 29.8 Å². The highest BCUT2D eigenvalue weighted by Crippen LogP contribution is 2.29. The Morgan fingerprint density at radius 1 is 1.33 bits per heavy atom. The molecule has 30 heavy (non-hydrogen) atoms. The van der Waals surface area contributed by atoms with E-state index in [4.69, 9.17) is 4.74 Å². The molecule has 0 bridgehead atoms. The molecule has 0 spiro atoms. The summed E-state index contributed by atoms with van der Waals surface area (Å²) in [6.45, 7) is 10.4. The lowest BCUT2D eigenvalue weighted by atomic mass is 9.90. The van der Waals surface area contributed by atoms with Crippen molar-refractivity contribution in [2.45, 2.75) is 38.4 Å². The van der Waals surface area contributed by atoms with Gasteiger partial charge in [0.05, 0.1) is 30.7 Å². The van der Waals surface area contributed by atoms with Crippen LogP contribution in [0, 0.1) is 24.2 Å². The normalized spacial score (nSPS) is 16.2. The molecule has 1 aromatic heterocycles. The molecule has 2 aromatic rings. The van der Waals surface area contributed by atoms with Crippen molar-refractivity contribution in [1.29, 1.82) is 5.26 Å². The number of benzene rings is 1. The number of nitrogens with zero attached hydrogens (tertiary/aromatic N) is 5. The maximum atomic E-state index is 12.6. The van der Waals surface area contributed by atoms with Gasteiger partial charge in [-0.25, -0.2) is 0 Å². The predicted molar refractivity (Wildman–Crippen MR) is 117 cm³/mol. The van der Waals surface area contributed by atoms with Crippen LogP contribution in [-0.2, 0) is 9.53 Å². The number of hydrogen-bond acceptors (Lipinski definition) is 7. The summed E-state index contributed by atoms with van der Waals surface area (Å²) in [4.78, 5) is 14.7. The molecule has 8 nitrogen and oxygen atoms in total. The summed E-state index contributed by atoms with van der Waals surface area (Å²) in [5.41, 5.74) is 1.17. The van der Waals surface area contributed by atoms with Gasteiger partial charge in [0.25, 0.3) is 0 Å². The molecular weight excluding hydrogens is 400 g/mol. The first kappa shape index (κ1) is 22.1. The van der Waals surface area contributed by atoms with Gasteiger partial charge in [-0.05, 0) is 31.4 Å². The molecule has 0 radical (unpaired) electrons. The van der Waals surface area contributed by atoms with Crippen LogP contribution in [-0.4, -0.2) is 58.3 Å². The minimum atomic E-state index is -0.902. The average Bonchev–Trinajstić information content (AvgIpc) is 3.16. The van der Waals surface area contributed by atoms with E-state index in [1.165, 1.54) is 11.8 Å². The van der Waals surface area contributed by atoms with Gasteiger partial charge >= 0.3 is 0 Å². The molecule has 2 heterocycles. The van der Waals surface area contributed by atoms with Crippen molar-refractivity contribution in [2.75, 3.05) is 37.0 Å². The van der Waals surface area contributed by atoms with E-state index in [0.717, 1.165) is 30.3 Å².